The molecule has 3 aromatic rings. The van der Waals surface area contributed by atoms with Crippen molar-refractivity contribution in [2.24, 2.45) is 0 Å². The van der Waals surface area contributed by atoms with E-state index in [1.54, 1.807) is 0 Å². The van der Waals surface area contributed by atoms with Crippen molar-refractivity contribution in [3.8, 4) is 11.5 Å². The minimum atomic E-state index is -2.75. The molecule has 0 radical (unpaired) electrons. The molecule has 9 heteroatoms. The van der Waals surface area contributed by atoms with Gasteiger partial charge >= 0.3 is 5.97 Å². The van der Waals surface area contributed by atoms with E-state index in [4.69, 9.17) is 25.2 Å². The average Bonchev–Trinajstić information content (AvgIpc) is 2.57. The van der Waals surface area contributed by atoms with Crippen LogP contribution in [-0.2, 0) is 4.79 Å². The molecule has 0 aliphatic rings. The summed E-state index contributed by atoms with van der Waals surface area (Å²) in [7, 11) is -2.75. The van der Waals surface area contributed by atoms with Gasteiger partial charge in [-0.3, -0.25) is 4.79 Å². The number of esters is 1. The Kier molecular flexibility index (Phi) is 4.90. The Balaban J connectivity index is 0.00000300. The quantitative estimate of drug-likeness (QED) is 0.512. The fraction of sp³-hybridized carbons (Fsp3) is 0.118. The van der Waals surface area contributed by atoms with E-state index in [-0.39, 0.29) is 28.9 Å². The maximum absolute atomic E-state index is 13.4. The van der Waals surface area contributed by atoms with Crippen LogP contribution in [0.2, 0.25) is 5.02 Å². The van der Waals surface area contributed by atoms with E-state index in [9.17, 15) is 9.18 Å². The van der Waals surface area contributed by atoms with E-state index in [0.717, 1.165) is 0 Å². The van der Waals surface area contributed by atoms with Gasteiger partial charge in [0.05, 0.1) is 21.7 Å². The van der Waals surface area contributed by atoms with Crippen molar-refractivity contribution in [2.45, 2.75) is 6.92 Å². The molecule has 136 valence electrons. The SMILES string of the molecule is Cl.[2H]C([2H])([2H])Oc1cc2ncnc(Nc3ccc(F)c(Cl)c3)c2cc1OC(C)=O. The lowest BCUT2D eigenvalue weighted by atomic mass is 10.2. The Morgan fingerprint density at radius 2 is 2.08 bits per heavy atom. The lowest BCUT2D eigenvalue weighted by Crippen LogP contribution is -2.04. The minimum absolute atomic E-state index is 0. The number of aromatic nitrogens is 2. The van der Waals surface area contributed by atoms with Crippen LogP contribution in [0.1, 0.15) is 11.0 Å². The molecule has 0 saturated heterocycles. The summed E-state index contributed by atoms with van der Waals surface area (Å²) in [5.74, 6) is -1.19. The molecule has 0 bridgehead atoms. The van der Waals surface area contributed by atoms with Crippen LogP contribution in [-0.4, -0.2) is 23.0 Å². The number of hydrogen-bond acceptors (Lipinski definition) is 6. The summed E-state index contributed by atoms with van der Waals surface area (Å²) in [6.07, 6.45) is 1.25. The van der Waals surface area contributed by atoms with Crippen LogP contribution in [0, 0.1) is 5.82 Å². The van der Waals surface area contributed by atoms with Crippen LogP contribution in [0.15, 0.2) is 36.7 Å². The molecule has 0 fully saturated rings. The molecule has 1 N–H and O–H groups in total. The Morgan fingerprint density at radius 3 is 2.77 bits per heavy atom. The molecule has 1 heterocycles. The van der Waals surface area contributed by atoms with Gasteiger partial charge in [0.2, 0.25) is 0 Å². The molecule has 3 rings (SSSR count). The smallest absolute Gasteiger partial charge is 0.308 e. The summed E-state index contributed by atoms with van der Waals surface area (Å²) in [6.45, 7) is 1.17. The summed E-state index contributed by atoms with van der Waals surface area (Å²) in [5, 5.41) is 3.31. The van der Waals surface area contributed by atoms with Gasteiger partial charge in [-0.2, -0.15) is 0 Å². The van der Waals surface area contributed by atoms with E-state index in [0.29, 0.717) is 22.4 Å². The summed E-state index contributed by atoms with van der Waals surface area (Å²) in [4.78, 5) is 19.6. The minimum Gasteiger partial charge on any atom is -0.493 e. The van der Waals surface area contributed by atoms with Gasteiger partial charge in [-0.15, -0.1) is 12.4 Å². The first-order chi connectivity index (χ1) is 13.1. The number of rotatable bonds is 4. The zero-order valence-electron chi connectivity index (χ0n) is 16.2. The molecule has 0 aliphatic carbocycles. The van der Waals surface area contributed by atoms with Crippen molar-refractivity contribution in [3.05, 3.63) is 47.5 Å². The van der Waals surface area contributed by atoms with Crippen molar-refractivity contribution in [1.82, 2.24) is 9.97 Å². The number of hydrogen-bond donors (Lipinski definition) is 1. The molecule has 26 heavy (non-hydrogen) atoms. The van der Waals surface area contributed by atoms with Crippen molar-refractivity contribution >= 4 is 52.4 Å². The molecule has 6 nitrogen and oxygen atoms in total. The van der Waals surface area contributed by atoms with Crippen LogP contribution in [0.25, 0.3) is 10.9 Å². The number of anilines is 2. The molecule has 0 spiro atoms. The second-order valence-corrected chi connectivity index (χ2v) is 5.40. The molecule has 0 saturated carbocycles. The van der Waals surface area contributed by atoms with Crippen LogP contribution in [0.5, 0.6) is 11.5 Å². The topological polar surface area (TPSA) is 73.3 Å². The number of halogens is 3. The monoisotopic (exact) mass is 400 g/mol. The third-order valence-corrected chi connectivity index (χ3v) is 3.54. The zero-order valence-corrected chi connectivity index (χ0v) is 14.8. The van der Waals surface area contributed by atoms with Gasteiger partial charge in [0, 0.05) is 24.1 Å². The Labute approximate surface area is 163 Å². The standard InChI is InChI=1S/C17H13ClFN3O3.ClH/c1-9(23)25-16-6-11-14(7-15(16)24-2)20-8-21-17(11)22-10-3-4-13(19)12(18)5-10;/h3-8H,1-2H3,(H,20,21,22);1H/i2D3;. The van der Waals surface area contributed by atoms with Crippen molar-refractivity contribution in [1.29, 1.82) is 0 Å². The highest BCUT2D eigenvalue weighted by molar-refractivity contribution is 6.31. The molecule has 0 aliphatic heterocycles. The highest BCUT2D eigenvalue weighted by Gasteiger charge is 2.13. The van der Waals surface area contributed by atoms with Crippen molar-refractivity contribution < 1.29 is 22.8 Å². The summed E-state index contributed by atoms with van der Waals surface area (Å²) in [5.41, 5.74) is 0.795. The van der Waals surface area contributed by atoms with Crippen LogP contribution in [0.3, 0.4) is 0 Å². The van der Waals surface area contributed by atoms with E-state index in [1.165, 1.54) is 43.6 Å². The third kappa shape index (κ3) is 4.12. The van der Waals surface area contributed by atoms with Crippen LogP contribution < -0.4 is 14.8 Å². The predicted octanol–water partition coefficient (Wildman–Crippen LogP) is 4.52. The zero-order chi connectivity index (χ0) is 20.5. The fourth-order valence-electron chi connectivity index (χ4n) is 2.19. The summed E-state index contributed by atoms with van der Waals surface area (Å²) >= 11 is 5.79. The molecule has 2 aromatic carbocycles. The number of carbonyl (C=O) groups excluding carboxylic acids is 1. The number of ether oxygens (including phenoxy) is 2. The largest absolute Gasteiger partial charge is 0.493 e. The molecular weight excluding hydrogens is 384 g/mol. The number of carbonyl (C=O) groups is 1. The Hall–Kier alpha value is -2.64. The van der Waals surface area contributed by atoms with Crippen molar-refractivity contribution in [2.75, 3.05) is 12.4 Å². The lowest BCUT2D eigenvalue weighted by molar-refractivity contribution is -0.132. The second kappa shape index (κ2) is 8.16. The normalized spacial score (nSPS) is 12.3. The molecular formula is C17H14Cl2FN3O3. The molecule has 1 aromatic heterocycles. The maximum atomic E-state index is 13.4. The third-order valence-electron chi connectivity index (χ3n) is 3.25. The number of nitrogens with one attached hydrogen (secondary N) is 1. The molecule has 0 atom stereocenters. The van der Waals surface area contributed by atoms with Gasteiger partial charge < -0.3 is 14.8 Å². The van der Waals surface area contributed by atoms with Crippen LogP contribution in [0.4, 0.5) is 15.9 Å². The maximum Gasteiger partial charge on any atom is 0.308 e. The van der Waals surface area contributed by atoms with Gasteiger partial charge in [0.1, 0.15) is 18.0 Å². The highest BCUT2D eigenvalue weighted by Crippen LogP contribution is 2.35. The summed E-state index contributed by atoms with van der Waals surface area (Å²) < 4.78 is 45.1. The highest BCUT2D eigenvalue weighted by atomic mass is 35.5. The van der Waals surface area contributed by atoms with Gasteiger partial charge in [-0.25, -0.2) is 14.4 Å². The Bertz CT molecular complexity index is 1070. The number of nitrogens with zero attached hydrogens (tertiary/aromatic N) is 2. The van der Waals surface area contributed by atoms with E-state index >= 15 is 0 Å². The average molecular weight is 401 g/mol. The first-order valence-corrected chi connectivity index (χ1v) is 7.38. The van der Waals surface area contributed by atoms with Gasteiger partial charge in [0.15, 0.2) is 11.5 Å². The van der Waals surface area contributed by atoms with E-state index < -0.39 is 18.8 Å². The van der Waals surface area contributed by atoms with E-state index in [1.807, 2.05) is 0 Å². The van der Waals surface area contributed by atoms with Gasteiger partial charge in [-0.1, -0.05) is 11.6 Å². The van der Waals surface area contributed by atoms with Crippen LogP contribution >= 0.6 is 24.0 Å². The van der Waals surface area contributed by atoms with E-state index in [2.05, 4.69) is 15.3 Å². The number of methoxy groups -OCH3 is 1. The number of fused-ring (bicyclic) bond motifs is 1. The fourth-order valence-corrected chi connectivity index (χ4v) is 2.37. The second-order valence-electron chi connectivity index (χ2n) is 4.99. The first kappa shape index (κ1) is 15.6. The van der Waals surface area contributed by atoms with Crippen molar-refractivity contribution in [3.63, 3.8) is 0 Å². The Morgan fingerprint density at radius 1 is 1.27 bits per heavy atom. The van der Waals surface area contributed by atoms with Gasteiger partial charge in [-0.05, 0) is 24.3 Å². The molecule has 0 unspecified atom stereocenters. The van der Waals surface area contributed by atoms with Gasteiger partial charge in [0.25, 0.3) is 0 Å². The predicted molar refractivity (Wildman–Crippen MR) is 99.3 cm³/mol. The first-order valence-electron chi connectivity index (χ1n) is 8.50. The lowest BCUT2D eigenvalue weighted by Gasteiger charge is -2.12. The molecule has 0 amide bonds. The number of benzene rings is 2. The summed E-state index contributed by atoms with van der Waals surface area (Å²) in [6, 6.07) is 6.74.